The molecule has 2 heterocycles. The molecule has 0 atom stereocenters. The summed E-state index contributed by atoms with van der Waals surface area (Å²) < 4.78 is 2.91. The molecular weight excluding hydrogens is 268 g/mol. The number of hydrogen-bond donors (Lipinski definition) is 1. The minimum atomic E-state index is -0.0590. The summed E-state index contributed by atoms with van der Waals surface area (Å²) in [5.41, 5.74) is 2.63. The molecule has 0 aromatic carbocycles. The number of aromatic nitrogens is 2. The van der Waals surface area contributed by atoms with E-state index in [1.54, 1.807) is 0 Å². The molecule has 0 fully saturated rings. The quantitative estimate of drug-likeness (QED) is 0.873. The summed E-state index contributed by atoms with van der Waals surface area (Å²) in [4.78, 5) is 4.58. The van der Waals surface area contributed by atoms with Gasteiger partial charge in [-0.2, -0.15) is 0 Å². The summed E-state index contributed by atoms with van der Waals surface area (Å²) in [7, 11) is 0. The van der Waals surface area contributed by atoms with Crippen LogP contribution in [0.15, 0.2) is 22.8 Å². The lowest BCUT2D eigenvalue weighted by atomic mass is 9.91. The second kappa shape index (κ2) is 3.86. The van der Waals surface area contributed by atoms with Crippen molar-refractivity contribution in [3.63, 3.8) is 0 Å². The molecule has 3 nitrogen and oxygen atoms in total. The average molecular weight is 283 g/mol. The van der Waals surface area contributed by atoms with E-state index in [-0.39, 0.29) is 12.0 Å². The van der Waals surface area contributed by atoms with Gasteiger partial charge in [0.2, 0.25) is 0 Å². The predicted octanol–water partition coefficient (Wildman–Crippen LogP) is 2.89. The molecule has 0 saturated carbocycles. The summed E-state index contributed by atoms with van der Waals surface area (Å²) >= 11 is 3.43. The number of nitrogens with zero attached hydrogens (tertiary/aromatic N) is 2. The number of hydrogen-bond acceptors (Lipinski definition) is 2. The van der Waals surface area contributed by atoms with E-state index in [1.807, 2.05) is 22.7 Å². The van der Waals surface area contributed by atoms with Crippen molar-refractivity contribution < 1.29 is 5.11 Å². The van der Waals surface area contributed by atoms with Crippen molar-refractivity contribution in [3.8, 4) is 0 Å². The number of fused-ring (bicyclic) bond motifs is 1. The number of imidazole rings is 1. The first kappa shape index (κ1) is 11.6. The normalized spacial score (nSPS) is 12.3. The summed E-state index contributed by atoms with van der Waals surface area (Å²) in [6, 6.07) is 3.90. The molecule has 16 heavy (non-hydrogen) atoms. The van der Waals surface area contributed by atoms with Crippen LogP contribution in [0.1, 0.15) is 32.2 Å². The van der Waals surface area contributed by atoms with Gasteiger partial charge in [0.05, 0.1) is 18.0 Å². The minimum Gasteiger partial charge on any atom is -0.390 e. The molecule has 0 unspecified atom stereocenters. The van der Waals surface area contributed by atoms with Crippen molar-refractivity contribution in [1.82, 2.24) is 9.38 Å². The molecule has 0 amide bonds. The van der Waals surface area contributed by atoms with Crippen LogP contribution in [-0.2, 0) is 12.0 Å². The van der Waals surface area contributed by atoms with Crippen LogP contribution in [0.5, 0.6) is 0 Å². The molecule has 2 aromatic heterocycles. The number of aliphatic hydroxyl groups is 1. The molecule has 0 aliphatic carbocycles. The number of aliphatic hydroxyl groups excluding tert-OH is 1. The van der Waals surface area contributed by atoms with E-state index in [0.717, 1.165) is 21.5 Å². The van der Waals surface area contributed by atoms with Crippen LogP contribution >= 0.6 is 15.9 Å². The van der Waals surface area contributed by atoms with Gasteiger partial charge in [-0.05, 0) is 28.1 Å². The van der Waals surface area contributed by atoms with Crippen LogP contribution in [0.2, 0.25) is 0 Å². The third-order valence-electron chi connectivity index (χ3n) is 2.54. The highest BCUT2D eigenvalue weighted by atomic mass is 79.9. The van der Waals surface area contributed by atoms with Gasteiger partial charge in [-0.1, -0.05) is 20.8 Å². The van der Waals surface area contributed by atoms with Crippen molar-refractivity contribution in [2.75, 3.05) is 0 Å². The molecule has 0 aliphatic heterocycles. The first-order valence-corrected chi connectivity index (χ1v) is 6.00. The first-order chi connectivity index (χ1) is 7.43. The van der Waals surface area contributed by atoms with Gasteiger partial charge in [0.15, 0.2) is 0 Å². The van der Waals surface area contributed by atoms with Gasteiger partial charge < -0.3 is 9.51 Å². The third-order valence-corrected chi connectivity index (χ3v) is 3.01. The van der Waals surface area contributed by atoms with Gasteiger partial charge in [0, 0.05) is 16.1 Å². The Labute approximate surface area is 103 Å². The monoisotopic (exact) mass is 282 g/mol. The number of pyridine rings is 1. The zero-order valence-corrected chi connectivity index (χ0v) is 11.2. The third kappa shape index (κ3) is 1.87. The Hall–Kier alpha value is -0.870. The highest BCUT2D eigenvalue weighted by Gasteiger charge is 2.23. The number of rotatable bonds is 1. The van der Waals surface area contributed by atoms with Crippen molar-refractivity contribution >= 4 is 21.6 Å². The highest BCUT2D eigenvalue weighted by molar-refractivity contribution is 9.10. The molecule has 0 radical (unpaired) electrons. The van der Waals surface area contributed by atoms with E-state index in [4.69, 9.17) is 0 Å². The second-order valence-electron chi connectivity index (χ2n) is 4.89. The van der Waals surface area contributed by atoms with Crippen LogP contribution in [-0.4, -0.2) is 14.5 Å². The van der Waals surface area contributed by atoms with Crippen molar-refractivity contribution in [2.24, 2.45) is 0 Å². The molecule has 0 aliphatic rings. The fraction of sp³-hybridized carbons (Fsp3) is 0.417. The second-order valence-corrected chi connectivity index (χ2v) is 5.81. The van der Waals surface area contributed by atoms with Crippen LogP contribution in [0.3, 0.4) is 0 Å². The summed E-state index contributed by atoms with van der Waals surface area (Å²) in [6.45, 7) is 6.30. The van der Waals surface area contributed by atoms with E-state index >= 15 is 0 Å². The van der Waals surface area contributed by atoms with Gasteiger partial charge in [-0.3, -0.25) is 0 Å². The molecule has 0 spiro atoms. The highest BCUT2D eigenvalue weighted by Crippen LogP contribution is 2.27. The molecule has 2 aromatic rings. The molecule has 1 N–H and O–H groups in total. The van der Waals surface area contributed by atoms with Gasteiger partial charge in [-0.15, -0.1) is 0 Å². The maximum atomic E-state index is 9.48. The molecule has 2 rings (SSSR count). The Morgan fingerprint density at radius 1 is 1.38 bits per heavy atom. The number of halogens is 1. The zero-order valence-electron chi connectivity index (χ0n) is 9.66. The zero-order chi connectivity index (χ0) is 11.9. The maximum Gasteiger partial charge on any atom is 0.137 e. The fourth-order valence-electron chi connectivity index (χ4n) is 1.82. The SMILES string of the molecule is CC(C)(C)c1nc2ccc(Br)cn2c1CO. The lowest BCUT2D eigenvalue weighted by molar-refractivity contribution is 0.272. The molecule has 0 bridgehead atoms. The smallest absolute Gasteiger partial charge is 0.137 e. The predicted molar refractivity (Wildman–Crippen MR) is 67.5 cm³/mol. The molecule has 86 valence electrons. The molecule has 4 heteroatoms. The van der Waals surface area contributed by atoms with Gasteiger partial charge >= 0.3 is 0 Å². The van der Waals surface area contributed by atoms with Crippen LogP contribution in [0.4, 0.5) is 0 Å². The van der Waals surface area contributed by atoms with Gasteiger partial charge in [-0.25, -0.2) is 4.98 Å². The Morgan fingerprint density at radius 3 is 2.62 bits per heavy atom. The van der Waals surface area contributed by atoms with Gasteiger partial charge in [0.1, 0.15) is 5.65 Å². The molecular formula is C12H15BrN2O. The Bertz CT molecular complexity index is 526. The lowest BCUT2D eigenvalue weighted by Crippen LogP contribution is -2.14. The average Bonchev–Trinajstić information content (AvgIpc) is 2.54. The van der Waals surface area contributed by atoms with Crippen molar-refractivity contribution in [3.05, 3.63) is 34.2 Å². The van der Waals surface area contributed by atoms with E-state index < -0.39 is 0 Å². The Balaban J connectivity index is 2.77. The van der Waals surface area contributed by atoms with Crippen molar-refractivity contribution in [2.45, 2.75) is 32.8 Å². The largest absolute Gasteiger partial charge is 0.390 e. The minimum absolute atomic E-state index is 0.00419. The van der Waals surface area contributed by atoms with E-state index in [0.29, 0.717) is 0 Å². The lowest BCUT2D eigenvalue weighted by Gasteiger charge is -2.16. The van der Waals surface area contributed by atoms with Crippen LogP contribution in [0.25, 0.3) is 5.65 Å². The van der Waals surface area contributed by atoms with E-state index in [9.17, 15) is 5.11 Å². The van der Waals surface area contributed by atoms with Crippen LogP contribution in [0, 0.1) is 0 Å². The van der Waals surface area contributed by atoms with Crippen LogP contribution < -0.4 is 0 Å². The fourth-order valence-corrected chi connectivity index (χ4v) is 2.16. The maximum absolute atomic E-state index is 9.48. The summed E-state index contributed by atoms with van der Waals surface area (Å²) in [5, 5.41) is 9.48. The molecule has 0 saturated heterocycles. The van der Waals surface area contributed by atoms with Crippen molar-refractivity contribution in [1.29, 1.82) is 0 Å². The van der Waals surface area contributed by atoms with Gasteiger partial charge in [0.25, 0.3) is 0 Å². The standard InChI is InChI=1S/C12H15BrN2O/c1-12(2,3)11-9(7-16)15-6-8(13)4-5-10(15)14-11/h4-6,16H,7H2,1-3H3. The Morgan fingerprint density at radius 2 is 2.06 bits per heavy atom. The Kier molecular flexibility index (Phi) is 2.80. The summed E-state index contributed by atoms with van der Waals surface area (Å²) in [6.07, 6.45) is 1.93. The van der Waals surface area contributed by atoms with E-state index in [1.165, 1.54) is 0 Å². The summed E-state index contributed by atoms with van der Waals surface area (Å²) in [5.74, 6) is 0. The topological polar surface area (TPSA) is 37.5 Å². The first-order valence-electron chi connectivity index (χ1n) is 5.21. The van der Waals surface area contributed by atoms with E-state index in [2.05, 4.69) is 41.7 Å².